The Morgan fingerprint density at radius 3 is 1.46 bits per heavy atom. The van der Waals surface area contributed by atoms with Gasteiger partial charge in [-0.2, -0.15) is 0 Å². The number of hydrogen-bond acceptors (Lipinski definition) is 4. The summed E-state index contributed by atoms with van der Waals surface area (Å²) in [6, 6.07) is 39.6. The van der Waals surface area contributed by atoms with Crippen LogP contribution in [0.2, 0.25) is 0 Å². The van der Waals surface area contributed by atoms with Crippen LogP contribution in [0.4, 0.5) is 22.7 Å². The molecule has 0 aliphatic heterocycles. The van der Waals surface area contributed by atoms with Crippen molar-refractivity contribution in [1.82, 2.24) is 5.32 Å². The van der Waals surface area contributed by atoms with Crippen LogP contribution in [0.5, 0.6) is 0 Å². The molecular weight excluding hydrogens is 760 g/mol. The fourth-order valence-corrected chi connectivity index (χ4v) is 19.3. The molecule has 0 spiro atoms. The highest BCUT2D eigenvalue weighted by atomic mass is 31.2. The van der Waals surface area contributed by atoms with Gasteiger partial charge in [0.05, 0.1) is 12.6 Å². The second kappa shape index (κ2) is 15.3. The van der Waals surface area contributed by atoms with E-state index in [1.54, 1.807) is 0 Å². The minimum Gasteiger partial charge on any atom is -0.355 e. The molecule has 0 aromatic heterocycles. The molecule has 0 heterocycles. The zero-order valence-corrected chi connectivity index (χ0v) is 38.3. The third kappa shape index (κ3) is 7.22. The van der Waals surface area contributed by atoms with Gasteiger partial charge in [-0.15, -0.1) is 0 Å². The molecule has 5 aromatic carbocycles. The van der Waals surface area contributed by atoms with Crippen LogP contribution in [0.25, 0.3) is 0 Å². The van der Waals surface area contributed by atoms with Crippen molar-refractivity contribution in [3.63, 3.8) is 0 Å². The summed E-state index contributed by atoms with van der Waals surface area (Å²) in [6.07, 6.45) is 16.4. The molecule has 0 amide bonds. The predicted octanol–water partition coefficient (Wildman–Crippen LogP) is 13.2. The van der Waals surface area contributed by atoms with Crippen molar-refractivity contribution < 1.29 is 0 Å². The van der Waals surface area contributed by atoms with E-state index in [4.69, 9.17) is 4.74 Å². The molecule has 8 aliphatic carbocycles. The van der Waals surface area contributed by atoms with Crippen molar-refractivity contribution in [3.8, 4) is 0 Å². The first-order valence-corrected chi connectivity index (χ1v) is 25.6. The van der Waals surface area contributed by atoms with Crippen LogP contribution in [0, 0.1) is 70.1 Å². The Kier molecular flexibility index (Phi) is 9.97. The lowest BCUT2D eigenvalue weighted by molar-refractivity contribution is -0.0205. The summed E-state index contributed by atoms with van der Waals surface area (Å²) >= 11 is 0. The topological polar surface area (TPSA) is 48.5 Å². The number of nitrogens with zero attached hydrogens (tertiary/aromatic N) is 1. The highest BCUT2D eigenvalue weighted by molar-refractivity contribution is 7.88. The van der Waals surface area contributed by atoms with Crippen LogP contribution in [0.15, 0.2) is 108 Å². The van der Waals surface area contributed by atoms with E-state index >= 15 is 0 Å². The molecule has 8 aliphatic rings. The smallest absolute Gasteiger partial charge is 0.0612 e. The summed E-state index contributed by atoms with van der Waals surface area (Å²) in [5, 5.41) is 16.6. The molecule has 5 heteroatoms. The van der Waals surface area contributed by atoms with E-state index in [9.17, 15) is 0 Å². The molecule has 13 rings (SSSR count). The standard InChI is InChI=1S/C56H67N4P/c1-36-19-38(3)53(39(4)20-36)58-49-15-9-11-17-51(49)61(48-13-7-6-8-14-48,60-56-32-44-26-45(33-56)28-46(27-44)34-56)52-18-12-10-16-50(52)59-54-40(5)21-37(2)22-47(54)35-57-55-29-41-23-42(30-55)25-43(24-41)31-55/h6-22,41-46,57-59H,23-35H2,1-5H3. The van der Waals surface area contributed by atoms with Gasteiger partial charge < -0.3 is 16.0 Å². The molecule has 61 heavy (non-hydrogen) atoms. The molecule has 0 saturated heterocycles. The molecule has 5 aromatic rings. The highest BCUT2D eigenvalue weighted by Gasteiger charge is 2.53. The second-order valence-corrected chi connectivity index (χ2v) is 24.4. The van der Waals surface area contributed by atoms with Crippen LogP contribution in [-0.4, -0.2) is 11.1 Å². The van der Waals surface area contributed by atoms with Gasteiger partial charge in [0.2, 0.25) is 0 Å². The van der Waals surface area contributed by atoms with Crippen LogP contribution in [-0.2, 0) is 6.54 Å². The molecule has 8 fully saturated rings. The largest absolute Gasteiger partial charge is 0.355 e. The van der Waals surface area contributed by atoms with E-state index in [1.807, 2.05) is 0 Å². The summed E-state index contributed by atoms with van der Waals surface area (Å²) in [7, 11) is -2.70. The quantitative estimate of drug-likeness (QED) is 0.116. The van der Waals surface area contributed by atoms with Gasteiger partial charge in [-0.1, -0.05) is 102 Å². The van der Waals surface area contributed by atoms with Gasteiger partial charge in [-0.3, -0.25) is 4.74 Å². The predicted molar refractivity (Wildman–Crippen MR) is 259 cm³/mol. The van der Waals surface area contributed by atoms with Gasteiger partial charge in [0.25, 0.3) is 0 Å². The van der Waals surface area contributed by atoms with Crippen LogP contribution in [0.1, 0.15) is 110 Å². The maximum Gasteiger partial charge on any atom is 0.0612 e. The summed E-state index contributed by atoms with van der Waals surface area (Å²) in [5.74, 6) is 5.16. The van der Waals surface area contributed by atoms with Gasteiger partial charge in [-0.05, 0) is 182 Å². The third-order valence-corrected chi connectivity index (χ3v) is 20.4. The van der Waals surface area contributed by atoms with Gasteiger partial charge >= 0.3 is 0 Å². The van der Waals surface area contributed by atoms with Crippen molar-refractivity contribution in [2.75, 3.05) is 10.6 Å². The maximum atomic E-state index is 6.69. The highest BCUT2D eigenvalue weighted by Crippen LogP contribution is 2.63. The van der Waals surface area contributed by atoms with Crippen LogP contribution in [0.3, 0.4) is 0 Å². The van der Waals surface area contributed by atoms with Gasteiger partial charge in [0.1, 0.15) is 0 Å². The fourth-order valence-electron chi connectivity index (χ4n) is 15.1. The average molecular weight is 827 g/mol. The second-order valence-electron chi connectivity index (χ2n) is 21.4. The Labute approximate surface area is 366 Å². The van der Waals surface area contributed by atoms with Crippen LogP contribution < -0.4 is 31.9 Å². The number of aryl methyl sites for hydroxylation is 5. The molecule has 4 nitrogen and oxygen atoms in total. The van der Waals surface area contributed by atoms with E-state index in [2.05, 4.69) is 154 Å². The third-order valence-electron chi connectivity index (χ3n) is 16.5. The Bertz CT molecular complexity index is 2440. The molecule has 8 bridgehead atoms. The zero-order valence-electron chi connectivity index (χ0n) is 37.4. The molecular formula is C56H67N4P. The van der Waals surface area contributed by atoms with Crippen molar-refractivity contribution in [2.45, 2.75) is 129 Å². The lowest BCUT2D eigenvalue weighted by Gasteiger charge is -2.57. The maximum absolute atomic E-state index is 6.69. The fraction of sp³-hybridized carbons (Fsp3) is 0.464. The van der Waals surface area contributed by atoms with E-state index in [1.165, 1.54) is 149 Å². The lowest BCUT2D eigenvalue weighted by atomic mass is 9.53. The molecule has 8 saturated carbocycles. The van der Waals surface area contributed by atoms with Crippen molar-refractivity contribution in [3.05, 3.63) is 137 Å². The zero-order chi connectivity index (χ0) is 41.5. The molecule has 0 radical (unpaired) electrons. The van der Waals surface area contributed by atoms with Gasteiger partial charge in [0, 0.05) is 50.7 Å². The molecule has 1 atom stereocenters. The Balaban J connectivity index is 1.09. The summed E-state index contributed by atoms with van der Waals surface area (Å²) in [4.78, 5) is 0. The van der Waals surface area contributed by atoms with Gasteiger partial charge in [-0.25, -0.2) is 0 Å². The van der Waals surface area contributed by atoms with E-state index in [0.29, 0.717) is 5.54 Å². The first-order valence-electron chi connectivity index (χ1n) is 23.9. The van der Waals surface area contributed by atoms with Crippen LogP contribution >= 0.6 is 7.05 Å². The Hall–Kier alpha value is -4.11. The van der Waals surface area contributed by atoms with Gasteiger partial charge in [0.15, 0.2) is 0 Å². The van der Waals surface area contributed by atoms with Crippen molar-refractivity contribution >= 4 is 45.7 Å². The van der Waals surface area contributed by atoms with Crippen molar-refractivity contribution in [2.24, 2.45) is 40.3 Å². The number of nitrogens with one attached hydrogen (secondary N) is 3. The van der Waals surface area contributed by atoms with Crippen molar-refractivity contribution in [1.29, 1.82) is 0 Å². The normalized spacial score (nSPS) is 30.3. The molecule has 3 N–H and O–H groups in total. The summed E-state index contributed by atoms with van der Waals surface area (Å²) in [5.41, 5.74) is 13.0. The number of anilines is 4. The first kappa shape index (κ1) is 39.7. The van der Waals surface area contributed by atoms with E-state index in [0.717, 1.165) is 42.1 Å². The first-order chi connectivity index (χ1) is 29.5. The Morgan fingerprint density at radius 1 is 0.508 bits per heavy atom. The molecule has 316 valence electrons. The summed E-state index contributed by atoms with van der Waals surface area (Å²) < 4.78 is 6.69. The lowest BCUT2D eigenvalue weighted by Crippen LogP contribution is -2.58. The number of benzene rings is 5. The minimum atomic E-state index is -2.70. The monoisotopic (exact) mass is 827 g/mol. The Morgan fingerprint density at radius 2 is 0.934 bits per heavy atom. The van der Waals surface area contributed by atoms with E-state index < -0.39 is 7.05 Å². The number of para-hydroxylation sites is 2. The van der Waals surface area contributed by atoms with E-state index in [-0.39, 0.29) is 5.54 Å². The number of rotatable bonds is 11. The number of hydrogen-bond donors (Lipinski definition) is 3. The molecule has 1 unspecified atom stereocenters. The minimum absolute atomic E-state index is 0.0268. The SMILES string of the molecule is Cc1cc(C)c(Nc2ccccc2P(=NC23CC4CC(CC(C4)C2)C3)(c2ccccc2)c2ccccc2Nc2c(C)cc(C)cc2CNC23CC4CC(CC(C4)C2)C3)c(C)c1. The average Bonchev–Trinajstić information content (AvgIpc) is 3.21. The summed E-state index contributed by atoms with van der Waals surface area (Å²) in [6.45, 7) is 12.2.